The van der Waals surface area contributed by atoms with Gasteiger partial charge >= 0.3 is 0 Å². The van der Waals surface area contributed by atoms with Crippen molar-refractivity contribution >= 4 is 15.8 Å². The SMILES string of the molecule is Cc1cccc(NCc2ccccc2CS(=O)(=O)N2CCCC2)n1. The van der Waals surface area contributed by atoms with Gasteiger partial charge in [-0.1, -0.05) is 30.3 Å². The summed E-state index contributed by atoms with van der Waals surface area (Å²) in [5.74, 6) is 0.860. The molecule has 1 fully saturated rings. The van der Waals surface area contributed by atoms with Crippen molar-refractivity contribution in [3.63, 3.8) is 0 Å². The van der Waals surface area contributed by atoms with E-state index in [0.29, 0.717) is 19.6 Å². The molecular weight excluding hydrogens is 322 g/mol. The average molecular weight is 345 g/mol. The third kappa shape index (κ3) is 4.13. The van der Waals surface area contributed by atoms with Gasteiger partial charge in [0.25, 0.3) is 0 Å². The van der Waals surface area contributed by atoms with Crippen LogP contribution in [0.4, 0.5) is 5.82 Å². The zero-order valence-electron chi connectivity index (χ0n) is 13.9. The lowest BCUT2D eigenvalue weighted by atomic mass is 10.1. The normalized spacial score (nSPS) is 15.5. The first-order valence-corrected chi connectivity index (χ1v) is 9.88. The molecule has 0 aliphatic carbocycles. The van der Waals surface area contributed by atoms with Crippen LogP contribution in [0.1, 0.15) is 29.7 Å². The van der Waals surface area contributed by atoms with Crippen LogP contribution in [-0.2, 0) is 22.3 Å². The minimum Gasteiger partial charge on any atom is -0.366 e. The smallest absolute Gasteiger partial charge is 0.218 e. The van der Waals surface area contributed by atoms with E-state index in [2.05, 4.69) is 10.3 Å². The number of benzene rings is 1. The highest BCUT2D eigenvalue weighted by molar-refractivity contribution is 7.88. The van der Waals surface area contributed by atoms with Gasteiger partial charge in [-0.15, -0.1) is 0 Å². The summed E-state index contributed by atoms with van der Waals surface area (Å²) in [7, 11) is -3.24. The van der Waals surface area contributed by atoms with Gasteiger partial charge in [0.05, 0.1) is 5.75 Å². The van der Waals surface area contributed by atoms with Crippen LogP contribution in [0.3, 0.4) is 0 Å². The molecule has 1 saturated heterocycles. The van der Waals surface area contributed by atoms with Crippen LogP contribution in [-0.4, -0.2) is 30.8 Å². The fourth-order valence-corrected chi connectivity index (χ4v) is 4.62. The summed E-state index contributed by atoms with van der Waals surface area (Å²) in [5.41, 5.74) is 2.79. The summed E-state index contributed by atoms with van der Waals surface area (Å²) >= 11 is 0. The first-order chi connectivity index (χ1) is 11.5. The van der Waals surface area contributed by atoms with Gasteiger partial charge in [-0.3, -0.25) is 0 Å². The predicted molar refractivity (Wildman–Crippen MR) is 96.2 cm³/mol. The third-order valence-electron chi connectivity index (χ3n) is 4.26. The maximum absolute atomic E-state index is 12.6. The highest BCUT2D eigenvalue weighted by atomic mass is 32.2. The molecule has 1 aromatic heterocycles. The number of anilines is 1. The third-order valence-corrected chi connectivity index (χ3v) is 6.09. The maximum Gasteiger partial charge on any atom is 0.218 e. The van der Waals surface area contributed by atoms with Crippen molar-refractivity contribution in [1.82, 2.24) is 9.29 Å². The number of sulfonamides is 1. The Morgan fingerprint density at radius 1 is 1.04 bits per heavy atom. The van der Waals surface area contributed by atoms with E-state index in [1.165, 1.54) is 0 Å². The first kappa shape index (κ1) is 16.9. The molecule has 1 aliphatic heterocycles. The van der Waals surface area contributed by atoms with Crippen molar-refractivity contribution in [2.45, 2.75) is 32.1 Å². The summed E-state index contributed by atoms with van der Waals surface area (Å²) < 4.78 is 26.7. The highest BCUT2D eigenvalue weighted by Gasteiger charge is 2.26. The van der Waals surface area contributed by atoms with E-state index in [1.807, 2.05) is 49.4 Å². The van der Waals surface area contributed by atoms with Gasteiger partial charge in [0.2, 0.25) is 10.0 Å². The van der Waals surface area contributed by atoms with Gasteiger partial charge in [-0.25, -0.2) is 17.7 Å². The molecule has 1 aliphatic rings. The molecule has 0 unspecified atom stereocenters. The van der Waals surface area contributed by atoms with E-state index in [4.69, 9.17) is 0 Å². The van der Waals surface area contributed by atoms with Crippen LogP contribution in [0.2, 0.25) is 0 Å². The van der Waals surface area contributed by atoms with Gasteiger partial charge in [-0.05, 0) is 43.0 Å². The van der Waals surface area contributed by atoms with Crippen LogP contribution < -0.4 is 5.32 Å². The molecule has 0 atom stereocenters. The summed E-state index contributed by atoms with van der Waals surface area (Å²) in [5, 5.41) is 3.28. The van der Waals surface area contributed by atoms with Crippen LogP contribution in [0, 0.1) is 6.92 Å². The quantitative estimate of drug-likeness (QED) is 0.874. The fraction of sp³-hybridized carbons (Fsp3) is 0.389. The Hall–Kier alpha value is -1.92. The van der Waals surface area contributed by atoms with E-state index in [1.54, 1.807) is 4.31 Å². The van der Waals surface area contributed by atoms with E-state index in [0.717, 1.165) is 35.5 Å². The van der Waals surface area contributed by atoms with Gasteiger partial charge < -0.3 is 5.32 Å². The maximum atomic E-state index is 12.6. The number of nitrogens with one attached hydrogen (secondary N) is 1. The summed E-state index contributed by atoms with van der Waals surface area (Å²) in [6, 6.07) is 13.5. The average Bonchev–Trinajstić information content (AvgIpc) is 3.09. The second-order valence-electron chi connectivity index (χ2n) is 6.15. The lowest BCUT2D eigenvalue weighted by Gasteiger charge is -2.17. The van der Waals surface area contributed by atoms with Crippen LogP contribution in [0.5, 0.6) is 0 Å². The molecule has 3 rings (SSSR count). The second-order valence-corrected chi connectivity index (χ2v) is 8.12. The number of hydrogen-bond donors (Lipinski definition) is 1. The molecule has 0 amide bonds. The Balaban J connectivity index is 1.73. The first-order valence-electron chi connectivity index (χ1n) is 8.27. The Bertz CT molecular complexity index is 799. The minimum atomic E-state index is -3.24. The van der Waals surface area contributed by atoms with Crippen molar-refractivity contribution in [3.8, 4) is 0 Å². The van der Waals surface area contributed by atoms with Gasteiger partial charge in [0.15, 0.2) is 0 Å². The number of pyridine rings is 1. The zero-order valence-corrected chi connectivity index (χ0v) is 14.7. The monoisotopic (exact) mass is 345 g/mol. The number of hydrogen-bond acceptors (Lipinski definition) is 4. The standard InChI is InChI=1S/C18H23N3O2S/c1-15-7-6-10-18(20-15)19-13-16-8-2-3-9-17(16)14-24(22,23)21-11-4-5-12-21/h2-3,6-10H,4-5,11-14H2,1H3,(H,19,20). The Labute approximate surface area is 143 Å². The van der Waals surface area contributed by atoms with Gasteiger partial charge in [0.1, 0.15) is 5.82 Å². The van der Waals surface area contributed by atoms with E-state index in [9.17, 15) is 8.42 Å². The van der Waals surface area contributed by atoms with E-state index in [-0.39, 0.29) is 5.75 Å². The molecule has 0 radical (unpaired) electrons. The Morgan fingerprint density at radius 2 is 1.75 bits per heavy atom. The molecule has 0 bridgehead atoms. The summed E-state index contributed by atoms with van der Waals surface area (Å²) in [4.78, 5) is 4.42. The molecule has 1 N–H and O–H groups in total. The lowest BCUT2D eigenvalue weighted by molar-refractivity contribution is 0.476. The summed E-state index contributed by atoms with van der Waals surface area (Å²) in [6.45, 7) is 3.80. The van der Waals surface area contributed by atoms with Crippen LogP contribution in [0.15, 0.2) is 42.5 Å². The fourth-order valence-electron chi connectivity index (χ4n) is 2.95. The molecule has 128 valence electrons. The van der Waals surface area contributed by atoms with Crippen molar-refractivity contribution in [2.75, 3.05) is 18.4 Å². The van der Waals surface area contributed by atoms with Gasteiger partial charge in [0, 0.05) is 25.3 Å². The van der Waals surface area contributed by atoms with Gasteiger partial charge in [-0.2, -0.15) is 0 Å². The Kier molecular flexibility index (Phi) is 5.16. The molecule has 0 spiro atoms. The molecule has 6 heteroatoms. The molecule has 24 heavy (non-hydrogen) atoms. The van der Waals surface area contributed by atoms with Crippen molar-refractivity contribution < 1.29 is 8.42 Å². The molecule has 5 nitrogen and oxygen atoms in total. The minimum absolute atomic E-state index is 0.0616. The molecular formula is C18H23N3O2S. The molecule has 2 heterocycles. The van der Waals surface area contributed by atoms with Crippen LogP contribution >= 0.6 is 0 Å². The predicted octanol–water partition coefficient (Wildman–Crippen LogP) is 2.93. The lowest BCUT2D eigenvalue weighted by Crippen LogP contribution is -2.29. The topological polar surface area (TPSA) is 62.3 Å². The van der Waals surface area contributed by atoms with E-state index < -0.39 is 10.0 Å². The largest absolute Gasteiger partial charge is 0.366 e. The number of rotatable bonds is 6. The van der Waals surface area contributed by atoms with Crippen molar-refractivity contribution in [2.24, 2.45) is 0 Å². The Morgan fingerprint density at radius 3 is 2.46 bits per heavy atom. The number of aryl methyl sites for hydroxylation is 1. The zero-order chi connectivity index (χ0) is 17.0. The molecule has 1 aromatic carbocycles. The summed E-state index contributed by atoms with van der Waals surface area (Å²) in [6.07, 6.45) is 1.92. The highest BCUT2D eigenvalue weighted by Crippen LogP contribution is 2.20. The second kappa shape index (κ2) is 7.32. The molecule has 2 aromatic rings. The molecule has 0 saturated carbocycles. The van der Waals surface area contributed by atoms with Crippen LogP contribution in [0.25, 0.3) is 0 Å². The van der Waals surface area contributed by atoms with Crippen molar-refractivity contribution in [1.29, 1.82) is 0 Å². The number of nitrogens with zero attached hydrogens (tertiary/aromatic N) is 2. The van der Waals surface area contributed by atoms with Crippen molar-refractivity contribution in [3.05, 3.63) is 59.3 Å². The number of aromatic nitrogens is 1. The van der Waals surface area contributed by atoms with E-state index >= 15 is 0 Å².